The number of fused-ring (bicyclic) bond motifs is 3. The van der Waals surface area contributed by atoms with Crippen LogP contribution in [0.25, 0.3) is 21.9 Å². The minimum absolute atomic E-state index is 0.0307. The number of rotatable bonds is 5. The molecule has 0 saturated heterocycles. The summed E-state index contributed by atoms with van der Waals surface area (Å²) in [5.41, 5.74) is 0.723. The fraction of sp³-hybridized carbons (Fsp3) is 0.100. The Hall–Kier alpha value is -3.79. The van der Waals surface area contributed by atoms with Gasteiger partial charge in [-0.1, -0.05) is 11.6 Å². The second kappa shape index (κ2) is 7.80. The highest BCUT2D eigenvalue weighted by Gasteiger charge is 2.23. The van der Waals surface area contributed by atoms with E-state index in [0.29, 0.717) is 11.3 Å². The predicted molar refractivity (Wildman–Crippen MR) is 109 cm³/mol. The Balaban J connectivity index is 1.93. The van der Waals surface area contributed by atoms with Gasteiger partial charge in [-0.15, -0.1) is 0 Å². The van der Waals surface area contributed by atoms with Gasteiger partial charge in [0, 0.05) is 35.3 Å². The molecular weight excluding hydrogens is 436 g/mol. The molecule has 11 heteroatoms. The first-order valence-electron chi connectivity index (χ1n) is 8.76. The number of alkyl halides is 2. The molecule has 2 aromatic heterocycles. The van der Waals surface area contributed by atoms with Crippen molar-refractivity contribution in [1.29, 1.82) is 0 Å². The van der Waals surface area contributed by atoms with Crippen molar-refractivity contribution in [3.05, 3.63) is 69.0 Å². The molecular formula is C20H12ClF2N3O5. The van der Waals surface area contributed by atoms with Crippen LogP contribution < -0.4 is 10.1 Å². The highest BCUT2D eigenvalue weighted by molar-refractivity contribution is 6.34. The summed E-state index contributed by atoms with van der Waals surface area (Å²) in [6.45, 7) is -1.44. The number of pyridine rings is 1. The van der Waals surface area contributed by atoms with Crippen LogP contribution in [0.5, 0.6) is 5.75 Å². The van der Waals surface area contributed by atoms with Gasteiger partial charge in [-0.05, 0) is 30.7 Å². The van der Waals surface area contributed by atoms with Gasteiger partial charge in [0.1, 0.15) is 5.58 Å². The van der Waals surface area contributed by atoms with Crippen LogP contribution in [-0.2, 0) is 0 Å². The van der Waals surface area contributed by atoms with E-state index < -0.39 is 17.4 Å². The molecule has 1 N–H and O–H groups in total. The number of hydrogen-bond donors (Lipinski definition) is 1. The van der Waals surface area contributed by atoms with Gasteiger partial charge in [0.2, 0.25) is 0 Å². The third-order valence-corrected chi connectivity index (χ3v) is 4.85. The van der Waals surface area contributed by atoms with Crippen LogP contribution in [0.2, 0.25) is 5.02 Å². The van der Waals surface area contributed by atoms with E-state index >= 15 is 0 Å². The first kappa shape index (κ1) is 20.5. The zero-order valence-corrected chi connectivity index (χ0v) is 16.4. The Morgan fingerprint density at radius 3 is 2.74 bits per heavy atom. The van der Waals surface area contributed by atoms with Crippen molar-refractivity contribution >= 4 is 50.8 Å². The van der Waals surface area contributed by atoms with Crippen LogP contribution in [0.3, 0.4) is 0 Å². The fourth-order valence-electron chi connectivity index (χ4n) is 3.21. The lowest BCUT2D eigenvalue weighted by Gasteiger charge is -2.11. The second-order valence-corrected chi connectivity index (χ2v) is 6.91. The molecule has 0 spiro atoms. The molecule has 0 radical (unpaired) electrons. The third kappa shape index (κ3) is 3.73. The van der Waals surface area contributed by atoms with Gasteiger partial charge < -0.3 is 14.5 Å². The maximum absolute atomic E-state index is 13.1. The van der Waals surface area contributed by atoms with Crippen LogP contribution in [0.1, 0.15) is 15.9 Å². The molecule has 2 heterocycles. The van der Waals surface area contributed by atoms with Gasteiger partial charge in [0.05, 0.1) is 21.2 Å². The van der Waals surface area contributed by atoms with Gasteiger partial charge >= 0.3 is 6.61 Å². The largest absolute Gasteiger partial charge is 0.452 e. The minimum atomic E-state index is -3.14. The number of nitrogens with one attached hydrogen (secondary N) is 1. The van der Waals surface area contributed by atoms with E-state index in [4.69, 9.17) is 16.0 Å². The molecule has 8 nitrogen and oxygen atoms in total. The molecule has 31 heavy (non-hydrogen) atoms. The number of hydrogen-bond acceptors (Lipinski definition) is 6. The SMILES string of the molecule is Cc1cncc(Cl)c1NC(=O)c1ccc(OC(F)F)c2oc3ccc([N+](=O)[O-])cc3c12. The van der Waals surface area contributed by atoms with E-state index in [1.54, 1.807) is 6.92 Å². The minimum Gasteiger partial charge on any atom is -0.452 e. The molecule has 1 amide bonds. The van der Waals surface area contributed by atoms with E-state index in [1.165, 1.54) is 42.7 Å². The normalized spacial score (nSPS) is 11.3. The molecule has 4 aromatic rings. The van der Waals surface area contributed by atoms with Gasteiger partial charge in [0.15, 0.2) is 11.3 Å². The zero-order chi connectivity index (χ0) is 22.3. The molecule has 0 aliphatic heterocycles. The van der Waals surface area contributed by atoms with Crippen LogP contribution in [0.4, 0.5) is 20.2 Å². The smallest absolute Gasteiger partial charge is 0.387 e. The summed E-state index contributed by atoms with van der Waals surface area (Å²) in [5.74, 6) is -0.933. The highest BCUT2D eigenvalue weighted by Crippen LogP contribution is 2.39. The van der Waals surface area contributed by atoms with Crippen molar-refractivity contribution in [2.75, 3.05) is 5.32 Å². The number of aryl methyl sites for hydroxylation is 1. The van der Waals surface area contributed by atoms with Crippen LogP contribution >= 0.6 is 11.6 Å². The van der Waals surface area contributed by atoms with Crippen molar-refractivity contribution in [3.63, 3.8) is 0 Å². The number of amides is 1. The maximum atomic E-state index is 13.1. The number of nitrogens with zero attached hydrogens (tertiary/aromatic N) is 2. The summed E-state index contributed by atoms with van der Waals surface area (Å²) in [5, 5.41) is 14.4. The molecule has 0 bridgehead atoms. The van der Waals surface area contributed by atoms with Crippen molar-refractivity contribution in [1.82, 2.24) is 4.98 Å². The number of carbonyl (C=O) groups excluding carboxylic acids is 1. The molecule has 2 aromatic carbocycles. The van der Waals surface area contributed by atoms with E-state index in [2.05, 4.69) is 15.0 Å². The first-order valence-corrected chi connectivity index (χ1v) is 9.14. The van der Waals surface area contributed by atoms with Crippen molar-refractivity contribution in [3.8, 4) is 5.75 Å². The summed E-state index contributed by atoms with van der Waals surface area (Å²) in [4.78, 5) is 27.6. The topological polar surface area (TPSA) is 108 Å². The molecule has 0 unspecified atom stereocenters. The van der Waals surface area contributed by atoms with E-state index in [-0.39, 0.29) is 44.0 Å². The standard InChI is InChI=1S/C20H12ClF2N3O5/c1-9-7-24-8-13(21)17(9)25-19(27)11-3-5-15(31-20(22)23)18-16(11)12-6-10(26(28)29)2-4-14(12)30-18/h2-8,20H,1H3,(H,24,25,27). The fourth-order valence-corrected chi connectivity index (χ4v) is 3.46. The quantitative estimate of drug-likeness (QED) is 0.310. The number of furan rings is 1. The van der Waals surface area contributed by atoms with Crippen molar-refractivity contribution in [2.45, 2.75) is 13.5 Å². The van der Waals surface area contributed by atoms with Crippen LogP contribution in [0, 0.1) is 17.0 Å². The number of halogens is 3. The Morgan fingerprint density at radius 2 is 2.06 bits per heavy atom. The van der Waals surface area contributed by atoms with Gasteiger partial charge in [-0.25, -0.2) is 0 Å². The maximum Gasteiger partial charge on any atom is 0.387 e. The summed E-state index contributed by atoms with van der Waals surface area (Å²) in [6, 6.07) is 6.17. The van der Waals surface area contributed by atoms with Gasteiger partial charge in [-0.3, -0.25) is 19.9 Å². The third-order valence-electron chi connectivity index (χ3n) is 4.57. The van der Waals surface area contributed by atoms with Gasteiger partial charge in [0.25, 0.3) is 11.6 Å². The number of nitro groups is 1. The number of carbonyl (C=O) groups is 1. The van der Waals surface area contributed by atoms with Crippen molar-refractivity contribution < 1.29 is 27.7 Å². The van der Waals surface area contributed by atoms with Crippen molar-refractivity contribution in [2.24, 2.45) is 0 Å². The van der Waals surface area contributed by atoms with E-state index in [9.17, 15) is 23.7 Å². The lowest BCUT2D eigenvalue weighted by atomic mass is 10.0. The summed E-state index contributed by atoms with van der Waals surface area (Å²) < 4.78 is 35.8. The first-order chi connectivity index (χ1) is 14.8. The monoisotopic (exact) mass is 447 g/mol. The molecule has 158 valence electrons. The lowest BCUT2D eigenvalue weighted by Crippen LogP contribution is -2.14. The number of non-ortho nitro benzene ring substituents is 1. The van der Waals surface area contributed by atoms with Crippen LogP contribution in [-0.4, -0.2) is 22.4 Å². The molecule has 0 saturated carbocycles. The van der Waals surface area contributed by atoms with E-state index in [1.807, 2.05) is 0 Å². The number of nitro benzene ring substituents is 1. The summed E-state index contributed by atoms with van der Waals surface area (Å²) >= 11 is 6.12. The molecule has 0 aliphatic carbocycles. The Bertz CT molecular complexity index is 1340. The molecule has 0 aliphatic rings. The Morgan fingerprint density at radius 1 is 1.29 bits per heavy atom. The number of benzene rings is 2. The predicted octanol–water partition coefficient (Wildman–Crippen LogP) is 5.70. The summed E-state index contributed by atoms with van der Waals surface area (Å²) in [6.07, 6.45) is 2.86. The number of ether oxygens (including phenoxy) is 1. The average molecular weight is 448 g/mol. The molecule has 0 atom stereocenters. The zero-order valence-electron chi connectivity index (χ0n) is 15.7. The highest BCUT2D eigenvalue weighted by atomic mass is 35.5. The molecule has 0 fully saturated rings. The second-order valence-electron chi connectivity index (χ2n) is 6.50. The average Bonchev–Trinajstić information content (AvgIpc) is 3.10. The van der Waals surface area contributed by atoms with E-state index in [0.717, 1.165) is 0 Å². The Kier molecular flexibility index (Phi) is 5.15. The molecule has 4 rings (SSSR count). The number of anilines is 1. The Labute approximate surface area is 177 Å². The summed E-state index contributed by atoms with van der Waals surface area (Å²) in [7, 11) is 0. The van der Waals surface area contributed by atoms with Crippen LogP contribution in [0.15, 0.2) is 47.1 Å². The number of aromatic nitrogens is 1. The van der Waals surface area contributed by atoms with Gasteiger partial charge in [-0.2, -0.15) is 8.78 Å². The lowest BCUT2D eigenvalue weighted by molar-refractivity contribution is -0.384.